The Hall–Kier alpha value is -0.930. The van der Waals surface area contributed by atoms with Crippen LogP contribution in [-0.4, -0.2) is 29.8 Å². The van der Waals surface area contributed by atoms with Gasteiger partial charge in [-0.25, -0.2) is 0 Å². The van der Waals surface area contributed by atoms with Crippen LogP contribution in [0, 0.1) is 0 Å². The second kappa shape index (κ2) is 5.24. The Morgan fingerprint density at radius 1 is 1.53 bits per heavy atom. The third-order valence-electron chi connectivity index (χ3n) is 2.93. The summed E-state index contributed by atoms with van der Waals surface area (Å²) in [6.45, 7) is 2.08. The van der Waals surface area contributed by atoms with Gasteiger partial charge < -0.3 is 4.74 Å². The van der Waals surface area contributed by atoms with Crippen molar-refractivity contribution in [3.63, 3.8) is 0 Å². The summed E-state index contributed by atoms with van der Waals surface area (Å²) >= 11 is 0. The lowest BCUT2D eigenvalue weighted by atomic mass is 10.1. The maximum atomic E-state index is 5.48. The van der Waals surface area contributed by atoms with Crippen LogP contribution >= 0.6 is 0 Å². The van der Waals surface area contributed by atoms with Crippen molar-refractivity contribution in [1.82, 2.24) is 9.88 Å². The SMILES string of the molecule is COC1CCCCN1Cc1cccnc1. The molecule has 0 bridgehead atoms. The molecule has 82 valence electrons. The number of pyridine rings is 1. The van der Waals surface area contributed by atoms with Crippen LogP contribution in [-0.2, 0) is 11.3 Å². The summed E-state index contributed by atoms with van der Waals surface area (Å²) in [5.74, 6) is 0. The van der Waals surface area contributed by atoms with Gasteiger partial charge in [0, 0.05) is 32.6 Å². The van der Waals surface area contributed by atoms with E-state index in [0.29, 0.717) is 6.23 Å². The summed E-state index contributed by atoms with van der Waals surface area (Å²) in [4.78, 5) is 6.52. The quantitative estimate of drug-likeness (QED) is 0.756. The predicted octanol–water partition coefficient (Wildman–Crippen LogP) is 2.04. The first-order chi connectivity index (χ1) is 7.40. The van der Waals surface area contributed by atoms with E-state index in [-0.39, 0.29) is 0 Å². The Kier molecular flexibility index (Phi) is 3.69. The first-order valence-electron chi connectivity index (χ1n) is 5.56. The van der Waals surface area contributed by atoms with E-state index in [0.717, 1.165) is 19.5 Å². The van der Waals surface area contributed by atoms with Crippen LogP contribution in [0.4, 0.5) is 0 Å². The molecule has 1 aromatic rings. The number of ether oxygens (including phenoxy) is 1. The number of nitrogens with zero attached hydrogens (tertiary/aromatic N) is 2. The predicted molar refractivity (Wildman–Crippen MR) is 59.3 cm³/mol. The van der Waals surface area contributed by atoms with Gasteiger partial charge in [0.2, 0.25) is 0 Å². The van der Waals surface area contributed by atoms with E-state index in [2.05, 4.69) is 16.0 Å². The molecule has 0 aromatic carbocycles. The van der Waals surface area contributed by atoms with E-state index in [1.807, 2.05) is 18.5 Å². The molecule has 1 saturated heterocycles. The van der Waals surface area contributed by atoms with Gasteiger partial charge in [-0.3, -0.25) is 9.88 Å². The topological polar surface area (TPSA) is 25.4 Å². The second-order valence-electron chi connectivity index (χ2n) is 4.02. The molecular weight excluding hydrogens is 188 g/mol. The first kappa shape index (κ1) is 10.6. The van der Waals surface area contributed by atoms with Crippen LogP contribution in [0.2, 0.25) is 0 Å². The fourth-order valence-corrected chi connectivity index (χ4v) is 2.13. The van der Waals surface area contributed by atoms with Crippen molar-refractivity contribution in [2.75, 3.05) is 13.7 Å². The average molecular weight is 206 g/mol. The standard InChI is InChI=1S/C12H18N2O/c1-15-12-6-2-3-8-14(12)10-11-5-4-7-13-9-11/h4-5,7,9,12H,2-3,6,8,10H2,1H3. The molecule has 1 fully saturated rings. The van der Waals surface area contributed by atoms with Crippen molar-refractivity contribution in [1.29, 1.82) is 0 Å². The van der Waals surface area contributed by atoms with Crippen LogP contribution in [0.1, 0.15) is 24.8 Å². The van der Waals surface area contributed by atoms with Crippen LogP contribution in [0.3, 0.4) is 0 Å². The van der Waals surface area contributed by atoms with Crippen molar-refractivity contribution in [3.05, 3.63) is 30.1 Å². The average Bonchev–Trinajstić information content (AvgIpc) is 2.31. The minimum atomic E-state index is 0.291. The summed E-state index contributed by atoms with van der Waals surface area (Å²) in [6, 6.07) is 4.11. The van der Waals surface area contributed by atoms with E-state index in [4.69, 9.17) is 4.74 Å². The fraction of sp³-hybridized carbons (Fsp3) is 0.583. The lowest BCUT2D eigenvalue weighted by molar-refractivity contribution is -0.0600. The highest BCUT2D eigenvalue weighted by atomic mass is 16.5. The molecule has 1 aliphatic heterocycles. The zero-order valence-corrected chi connectivity index (χ0v) is 9.22. The third-order valence-corrected chi connectivity index (χ3v) is 2.93. The van der Waals surface area contributed by atoms with Gasteiger partial charge in [-0.05, 0) is 30.9 Å². The second-order valence-corrected chi connectivity index (χ2v) is 4.02. The summed E-state index contributed by atoms with van der Waals surface area (Å²) in [5, 5.41) is 0. The number of methoxy groups -OCH3 is 1. The molecule has 2 heterocycles. The highest BCUT2D eigenvalue weighted by Crippen LogP contribution is 2.19. The number of aromatic nitrogens is 1. The van der Waals surface area contributed by atoms with Crippen LogP contribution in [0.15, 0.2) is 24.5 Å². The molecule has 0 saturated carbocycles. The maximum Gasteiger partial charge on any atom is 0.110 e. The fourth-order valence-electron chi connectivity index (χ4n) is 2.13. The van der Waals surface area contributed by atoms with Crippen molar-refractivity contribution in [3.8, 4) is 0 Å². The minimum Gasteiger partial charge on any atom is -0.366 e. The summed E-state index contributed by atoms with van der Waals surface area (Å²) in [6.07, 6.45) is 7.74. The number of likely N-dealkylation sites (tertiary alicyclic amines) is 1. The molecule has 0 spiro atoms. The number of hydrogen-bond acceptors (Lipinski definition) is 3. The first-order valence-corrected chi connectivity index (χ1v) is 5.56. The zero-order chi connectivity index (χ0) is 10.5. The third kappa shape index (κ3) is 2.76. The Morgan fingerprint density at radius 2 is 2.47 bits per heavy atom. The molecule has 1 aromatic heterocycles. The van der Waals surface area contributed by atoms with Gasteiger partial charge in [-0.1, -0.05) is 6.07 Å². The molecule has 3 nitrogen and oxygen atoms in total. The van der Waals surface area contributed by atoms with Crippen LogP contribution in [0.25, 0.3) is 0 Å². The smallest absolute Gasteiger partial charge is 0.110 e. The molecule has 0 N–H and O–H groups in total. The van der Waals surface area contributed by atoms with Gasteiger partial charge in [-0.2, -0.15) is 0 Å². The Bertz CT molecular complexity index is 289. The highest BCUT2D eigenvalue weighted by Gasteiger charge is 2.21. The molecule has 0 radical (unpaired) electrons. The monoisotopic (exact) mass is 206 g/mol. The van der Waals surface area contributed by atoms with E-state index >= 15 is 0 Å². The van der Waals surface area contributed by atoms with E-state index in [9.17, 15) is 0 Å². The van der Waals surface area contributed by atoms with E-state index in [1.54, 1.807) is 7.11 Å². The van der Waals surface area contributed by atoms with Crippen LogP contribution in [0.5, 0.6) is 0 Å². The molecule has 0 aliphatic carbocycles. The minimum absolute atomic E-state index is 0.291. The normalized spacial score (nSPS) is 22.9. The Balaban J connectivity index is 1.97. The molecule has 1 unspecified atom stereocenters. The molecule has 0 amide bonds. The zero-order valence-electron chi connectivity index (χ0n) is 9.22. The number of rotatable bonds is 3. The Labute approximate surface area is 91.1 Å². The van der Waals surface area contributed by atoms with Crippen molar-refractivity contribution >= 4 is 0 Å². The molecule has 3 heteroatoms. The summed E-state index contributed by atoms with van der Waals surface area (Å²) in [7, 11) is 1.80. The molecule has 1 atom stereocenters. The van der Waals surface area contributed by atoms with Gasteiger partial charge >= 0.3 is 0 Å². The van der Waals surface area contributed by atoms with E-state index < -0.39 is 0 Å². The highest BCUT2D eigenvalue weighted by molar-refractivity contribution is 5.08. The largest absolute Gasteiger partial charge is 0.366 e. The van der Waals surface area contributed by atoms with Crippen LogP contribution < -0.4 is 0 Å². The molecule has 15 heavy (non-hydrogen) atoms. The lowest BCUT2D eigenvalue weighted by Crippen LogP contribution is -2.40. The van der Waals surface area contributed by atoms with Gasteiger partial charge in [-0.15, -0.1) is 0 Å². The Morgan fingerprint density at radius 3 is 3.20 bits per heavy atom. The summed E-state index contributed by atoms with van der Waals surface area (Å²) < 4.78 is 5.48. The van der Waals surface area contributed by atoms with E-state index in [1.165, 1.54) is 18.4 Å². The number of piperidine rings is 1. The molecule has 2 rings (SSSR count). The van der Waals surface area contributed by atoms with Gasteiger partial charge in [0.25, 0.3) is 0 Å². The van der Waals surface area contributed by atoms with Crippen molar-refractivity contribution < 1.29 is 4.74 Å². The van der Waals surface area contributed by atoms with Gasteiger partial charge in [0.05, 0.1) is 0 Å². The lowest BCUT2D eigenvalue weighted by Gasteiger charge is -2.34. The number of hydrogen-bond donors (Lipinski definition) is 0. The van der Waals surface area contributed by atoms with Crippen molar-refractivity contribution in [2.45, 2.75) is 32.0 Å². The summed E-state index contributed by atoms with van der Waals surface area (Å²) in [5.41, 5.74) is 1.27. The molecule has 1 aliphatic rings. The maximum absolute atomic E-state index is 5.48. The van der Waals surface area contributed by atoms with Gasteiger partial charge in [0.1, 0.15) is 6.23 Å². The molecular formula is C12H18N2O. The van der Waals surface area contributed by atoms with Crippen molar-refractivity contribution in [2.24, 2.45) is 0 Å². The van der Waals surface area contributed by atoms with Gasteiger partial charge in [0.15, 0.2) is 0 Å².